The monoisotopic (exact) mass is 399 g/mol. The third-order valence-electron chi connectivity index (χ3n) is 3.96. The zero-order valence-corrected chi connectivity index (χ0v) is 17.9. The number of thiophene rings is 1. The van der Waals surface area contributed by atoms with Crippen molar-refractivity contribution in [2.24, 2.45) is 0 Å². The molecule has 28 heavy (non-hydrogen) atoms. The SMILES string of the molecule is COC(C)(C)C#CC=CCN(C)Cc1ccc(COCC=Cc2ccsc2)o1. The Bertz CT molecular complexity index is 807. The predicted molar refractivity (Wildman–Crippen MR) is 116 cm³/mol. The summed E-state index contributed by atoms with van der Waals surface area (Å²) >= 11 is 1.69. The molecular formula is C23H29NO3S. The maximum Gasteiger partial charge on any atom is 0.129 e. The summed E-state index contributed by atoms with van der Waals surface area (Å²) in [5.41, 5.74) is 0.794. The molecule has 2 heterocycles. The van der Waals surface area contributed by atoms with Gasteiger partial charge in [-0.25, -0.2) is 0 Å². The van der Waals surface area contributed by atoms with Crippen molar-refractivity contribution in [2.75, 3.05) is 27.3 Å². The summed E-state index contributed by atoms with van der Waals surface area (Å²) in [4.78, 5) is 2.16. The zero-order chi connectivity index (χ0) is 20.2. The Morgan fingerprint density at radius 2 is 2.04 bits per heavy atom. The summed E-state index contributed by atoms with van der Waals surface area (Å²) in [6.07, 6.45) is 7.98. The number of hydrogen-bond acceptors (Lipinski definition) is 5. The molecule has 0 aromatic carbocycles. The standard InChI is InChI=1S/C23H29NO3S/c1-23(2,25-4)13-6-5-7-14-24(3)17-21-10-11-22(27-21)18-26-15-8-9-20-12-16-28-19-20/h5,7-12,16,19H,14-15,17-18H2,1-4H3. The molecule has 5 heteroatoms. The molecule has 0 aliphatic carbocycles. The second kappa shape index (κ2) is 11.7. The molecule has 0 saturated heterocycles. The lowest BCUT2D eigenvalue weighted by Gasteiger charge is -2.13. The van der Waals surface area contributed by atoms with Gasteiger partial charge in [-0.15, -0.1) is 0 Å². The van der Waals surface area contributed by atoms with Crippen LogP contribution in [-0.2, 0) is 22.6 Å². The average Bonchev–Trinajstić information content (AvgIpc) is 3.33. The minimum Gasteiger partial charge on any atom is -0.462 e. The first kappa shape index (κ1) is 22.2. The van der Waals surface area contributed by atoms with E-state index in [9.17, 15) is 0 Å². The Kier molecular flexibility index (Phi) is 9.26. The highest BCUT2D eigenvalue weighted by Gasteiger charge is 2.10. The van der Waals surface area contributed by atoms with E-state index in [-0.39, 0.29) is 0 Å². The molecule has 0 spiro atoms. The number of hydrogen-bond donors (Lipinski definition) is 0. The number of nitrogens with zero attached hydrogens (tertiary/aromatic N) is 1. The largest absolute Gasteiger partial charge is 0.462 e. The fraction of sp³-hybridized carbons (Fsp3) is 0.391. The molecule has 4 nitrogen and oxygen atoms in total. The maximum atomic E-state index is 5.84. The molecule has 0 unspecified atom stereocenters. The van der Waals surface area contributed by atoms with Gasteiger partial charge in [-0.1, -0.05) is 30.1 Å². The Morgan fingerprint density at radius 1 is 1.21 bits per heavy atom. The molecule has 0 amide bonds. The molecule has 0 aliphatic rings. The van der Waals surface area contributed by atoms with Crippen LogP contribution in [0.25, 0.3) is 6.08 Å². The normalized spacial score (nSPS) is 12.2. The van der Waals surface area contributed by atoms with E-state index in [0.29, 0.717) is 13.2 Å². The fourth-order valence-corrected chi connectivity index (χ4v) is 2.88. The van der Waals surface area contributed by atoms with E-state index in [0.717, 1.165) is 24.6 Å². The summed E-state index contributed by atoms with van der Waals surface area (Å²) in [6, 6.07) is 6.06. The van der Waals surface area contributed by atoms with Crippen LogP contribution in [0.15, 0.2) is 51.6 Å². The Labute approximate surface area is 172 Å². The zero-order valence-electron chi connectivity index (χ0n) is 17.1. The van der Waals surface area contributed by atoms with E-state index in [1.807, 2.05) is 51.3 Å². The lowest BCUT2D eigenvalue weighted by atomic mass is 10.1. The molecular weight excluding hydrogens is 370 g/mol. The molecule has 0 radical (unpaired) electrons. The van der Waals surface area contributed by atoms with E-state index in [1.165, 1.54) is 5.56 Å². The van der Waals surface area contributed by atoms with E-state index in [1.54, 1.807) is 18.4 Å². The van der Waals surface area contributed by atoms with E-state index < -0.39 is 5.60 Å². The molecule has 2 aromatic heterocycles. The van der Waals surface area contributed by atoms with Gasteiger partial charge in [0.15, 0.2) is 0 Å². The van der Waals surface area contributed by atoms with Crippen LogP contribution in [0.3, 0.4) is 0 Å². The minimum absolute atomic E-state index is 0.414. The highest BCUT2D eigenvalue weighted by atomic mass is 32.1. The molecule has 2 aromatic rings. The van der Waals surface area contributed by atoms with Crippen LogP contribution in [-0.4, -0.2) is 37.8 Å². The van der Waals surface area contributed by atoms with Gasteiger partial charge in [-0.05, 0) is 61.5 Å². The van der Waals surface area contributed by atoms with Gasteiger partial charge in [0, 0.05) is 13.7 Å². The second-order valence-corrected chi connectivity index (χ2v) is 7.71. The lowest BCUT2D eigenvalue weighted by molar-refractivity contribution is 0.0742. The van der Waals surface area contributed by atoms with Crippen LogP contribution in [0.2, 0.25) is 0 Å². The average molecular weight is 400 g/mol. The predicted octanol–water partition coefficient (Wildman–Crippen LogP) is 4.99. The summed E-state index contributed by atoms with van der Waals surface area (Å²) in [5.74, 6) is 7.84. The minimum atomic E-state index is -0.414. The Hall–Kier alpha value is -2.10. The summed E-state index contributed by atoms with van der Waals surface area (Å²) < 4.78 is 16.7. The van der Waals surface area contributed by atoms with Crippen molar-refractivity contribution in [1.82, 2.24) is 4.90 Å². The van der Waals surface area contributed by atoms with Gasteiger partial charge in [-0.3, -0.25) is 4.90 Å². The highest BCUT2D eigenvalue weighted by molar-refractivity contribution is 7.08. The van der Waals surface area contributed by atoms with E-state index >= 15 is 0 Å². The number of ether oxygens (including phenoxy) is 2. The lowest BCUT2D eigenvalue weighted by Crippen LogP contribution is -2.19. The first-order valence-corrected chi connectivity index (χ1v) is 10.2. The molecule has 0 aliphatic heterocycles. The third-order valence-corrected chi connectivity index (χ3v) is 4.66. The van der Waals surface area contributed by atoms with Crippen molar-refractivity contribution in [3.05, 3.63) is 64.3 Å². The molecule has 0 saturated carbocycles. The van der Waals surface area contributed by atoms with Crippen molar-refractivity contribution in [3.63, 3.8) is 0 Å². The van der Waals surface area contributed by atoms with Gasteiger partial charge in [0.2, 0.25) is 0 Å². The topological polar surface area (TPSA) is 34.8 Å². The van der Waals surface area contributed by atoms with Gasteiger partial charge in [0.05, 0.1) is 13.2 Å². The maximum absolute atomic E-state index is 5.84. The van der Waals surface area contributed by atoms with Crippen molar-refractivity contribution >= 4 is 17.4 Å². The van der Waals surface area contributed by atoms with Crippen LogP contribution in [0, 0.1) is 11.8 Å². The summed E-state index contributed by atoms with van der Waals surface area (Å²) in [7, 11) is 3.71. The fourth-order valence-electron chi connectivity index (χ4n) is 2.26. The molecule has 0 atom stereocenters. The molecule has 0 bridgehead atoms. The van der Waals surface area contributed by atoms with Gasteiger partial charge in [0.1, 0.15) is 23.7 Å². The van der Waals surface area contributed by atoms with Crippen LogP contribution in [0.5, 0.6) is 0 Å². The van der Waals surface area contributed by atoms with Gasteiger partial charge >= 0.3 is 0 Å². The van der Waals surface area contributed by atoms with Crippen LogP contribution >= 0.6 is 11.3 Å². The third kappa shape index (κ3) is 8.73. The number of likely N-dealkylation sites (N-methyl/N-ethyl adjacent to an activating group) is 1. The highest BCUT2D eigenvalue weighted by Crippen LogP contribution is 2.12. The van der Waals surface area contributed by atoms with Gasteiger partial charge in [0.25, 0.3) is 0 Å². The van der Waals surface area contributed by atoms with Crippen molar-refractivity contribution in [3.8, 4) is 11.8 Å². The quantitative estimate of drug-likeness (QED) is 0.417. The van der Waals surface area contributed by atoms with Crippen LogP contribution in [0.4, 0.5) is 0 Å². The smallest absolute Gasteiger partial charge is 0.129 e. The van der Waals surface area contributed by atoms with Crippen molar-refractivity contribution in [1.29, 1.82) is 0 Å². The van der Waals surface area contributed by atoms with Crippen LogP contribution < -0.4 is 0 Å². The summed E-state index contributed by atoms with van der Waals surface area (Å²) in [6.45, 7) is 6.46. The van der Waals surface area contributed by atoms with Crippen LogP contribution in [0.1, 0.15) is 30.9 Å². The molecule has 150 valence electrons. The van der Waals surface area contributed by atoms with E-state index in [2.05, 4.69) is 39.6 Å². The first-order chi connectivity index (χ1) is 13.5. The van der Waals surface area contributed by atoms with Gasteiger partial charge in [-0.2, -0.15) is 11.3 Å². The molecule has 2 rings (SSSR count). The number of rotatable bonds is 10. The summed E-state index contributed by atoms with van der Waals surface area (Å²) in [5, 5.41) is 4.17. The number of furan rings is 1. The van der Waals surface area contributed by atoms with Crippen molar-refractivity contribution < 1.29 is 13.9 Å². The molecule has 0 fully saturated rings. The second-order valence-electron chi connectivity index (χ2n) is 6.93. The Balaban J connectivity index is 1.67. The Morgan fingerprint density at radius 3 is 2.79 bits per heavy atom. The number of allylic oxidation sites excluding steroid dienone is 1. The van der Waals surface area contributed by atoms with E-state index in [4.69, 9.17) is 13.9 Å². The first-order valence-electron chi connectivity index (χ1n) is 9.24. The number of methoxy groups -OCH3 is 1. The molecule has 0 N–H and O–H groups in total. The van der Waals surface area contributed by atoms with Gasteiger partial charge < -0.3 is 13.9 Å². The van der Waals surface area contributed by atoms with Crippen molar-refractivity contribution in [2.45, 2.75) is 32.6 Å².